The van der Waals surface area contributed by atoms with E-state index in [4.69, 9.17) is 0 Å². The SMILES string of the molecule is Cc1cc(C(=O)Nc2cccc(S(=O)(=O)/N=C3\CCCN3C)c2)n(C)n1. The average Bonchev–Trinajstić information content (AvgIpc) is 3.12. The number of anilines is 1. The lowest BCUT2D eigenvalue weighted by molar-refractivity contribution is 0.101. The van der Waals surface area contributed by atoms with Gasteiger partial charge in [0.05, 0.1) is 10.6 Å². The van der Waals surface area contributed by atoms with Crippen LogP contribution in [0.3, 0.4) is 0 Å². The van der Waals surface area contributed by atoms with E-state index >= 15 is 0 Å². The molecule has 1 aromatic heterocycles. The van der Waals surface area contributed by atoms with Gasteiger partial charge in [0.15, 0.2) is 0 Å². The molecule has 0 aliphatic carbocycles. The van der Waals surface area contributed by atoms with Gasteiger partial charge in [-0.05, 0) is 37.6 Å². The number of sulfonamides is 1. The highest BCUT2D eigenvalue weighted by Gasteiger charge is 2.21. The third-order valence-electron chi connectivity index (χ3n) is 4.18. The molecule has 8 nitrogen and oxygen atoms in total. The van der Waals surface area contributed by atoms with Crippen molar-refractivity contribution in [3.05, 3.63) is 41.7 Å². The van der Waals surface area contributed by atoms with Crippen molar-refractivity contribution >= 4 is 27.5 Å². The molecule has 3 rings (SSSR count). The predicted octanol–water partition coefficient (Wildman–Crippen LogP) is 1.79. The number of amides is 1. The Balaban J connectivity index is 1.84. The first-order valence-corrected chi connectivity index (χ1v) is 9.67. The van der Waals surface area contributed by atoms with E-state index in [-0.39, 0.29) is 10.8 Å². The molecule has 1 N–H and O–H groups in total. The molecule has 0 saturated carbocycles. The second-order valence-electron chi connectivity index (χ2n) is 6.28. The maximum absolute atomic E-state index is 12.6. The molecule has 1 amide bonds. The Morgan fingerprint density at radius 1 is 1.27 bits per heavy atom. The van der Waals surface area contributed by atoms with Gasteiger partial charge in [-0.2, -0.15) is 13.5 Å². The van der Waals surface area contributed by atoms with Crippen molar-refractivity contribution < 1.29 is 13.2 Å². The Labute approximate surface area is 152 Å². The number of hydrogen-bond acceptors (Lipinski definition) is 4. The van der Waals surface area contributed by atoms with Crippen LogP contribution in [0, 0.1) is 6.92 Å². The van der Waals surface area contributed by atoms with Gasteiger partial charge in [-0.3, -0.25) is 9.48 Å². The Kier molecular flexibility index (Phi) is 4.82. The minimum Gasteiger partial charge on any atom is -0.362 e. The van der Waals surface area contributed by atoms with Gasteiger partial charge in [0.1, 0.15) is 11.5 Å². The molecule has 26 heavy (non-hydrogen) atoms. The van der Waals surface area contributed by atoms with Gasteiger partial charge >= 0.3 is 0 Å². The molecule has 9 heteroatoms. The summed E-state index contributed by atoms with van der Waals surface area (Å²) in [5.74, 6) is 0.203. The van der Waals surface area contributed by atoms with Crippen LogP contribution in [0.15, 0.2) is 39.6 Å². The maximum Gasteiger partial charge on any atom is 0.284 e. The van der Waals surface area contributed by atoms with Gasteiger partial charge < -0.3 is 10.2 Å². The van der Waals surface area contributed by atoms with Crippen molar-refractivity contribution in [2.45, 2.75) is 24.7 Å². The summed E-state index contributed by atoms with van der Waals surface area (Å²) in [5, 5.41) is 6.84. The minimum absolute atomic E-state index is 0.0456. The lowest BCUT2D eigenvalue weighted by atomic mass is 10.3. The minimum atomic E-state index is -3.83. The molecule has 0 unspecified atom stereocenters. The fraction of sp³-hybridized carbons (Fsp3) is 0.353. The number of aromatic nitrogens is 2. The molecule has 1 aromatic carbocycles. The van der Waals surface area contributed by atoms with Crippen molar-refractivity contribution in [2.24, 2.45) is 11.4 Å². The van der Waals surface area contributed by atoms with E-state index in [0.29, 0.717) is 23.6 Å². The van der Waals surface area contributed by atoms with E-state index in [0.717, 1.165) is 18.7 Å². The van der Waals surface area contributed by atoms with Crippen LogP contribution >= 0.6 is 0 Å². The Morgan fingerprint density at radius 3 is 2.65 bits per heavy atom. The number of nitrogens with zero attached hydrogens (tertiary/aromatic N) is 4. The summed E-state index contributed by atoms with van der Waals surface area (Å²) in [7, 11) is -0.321. The molecule has 1 aliphatic heterocycles. The average molecular weight is 375 g/mol. The molecule has 138 valence electrons. The maximum atomic E-state index is 12.6. The number of carbonyl (C=O) groups excluding carboxylic acids is 1. The van der Waals surface area contributed by atoms with Crippen LogP contribution in [0.4, 0.5) is 5.69 Å². The first-order chi connectivity index (χ1) is 12.3. The van der Waals surface area contributed by atoms with E-state index in [9.17, 15) is 13.2 Å². The number of carbonyl (C=O) groups is 1. The van der Waals surface area contributed by atoms with Crippen LogP contribution in [-0.4, -0.2) is 48.4 Å². The van der Waals surface area contributed by atoms with Crippen LogP contribution in [-0.2, 0) is 17.1 Å². The lowest BCUT2D eigenvalue weighted by Crippen LogP contribution is -2.20. The van der Waals surface area contributed by atoms with E-state index in [2.05, 4.69) is 14.8 Å². The molecule has 1 saturated heterocycles. The molecule has 0 radical (unpaired) electrons. The van der Waals surface area contributed by atoms with E-state index in [1.54, 1.807) is 32.2 Å². The second kappa shape index (κ2) is 6.91. The van der Waals surface area contributed by atoms with Crippen LogP contribution in [0.2, 0.25) is 0 Å². The highest BCUT2D eigenvalue weighted by atomic mass is 32.2. The Bertz CT molecular complexity index is 978. The summed E-state index contributed by atoms with van der Waals surface area (Å²) in [4.78, 5) is 14.3. The molecular weight excluding hydrogens is 354 g/mol. The van der Waals surface area contributed by atoms with Gasteiger partial charge in [-0.1, -0.05) is 6.07 Å². The largest absolute Gasteiger partial charge is 0.362 e. The smallest absolute Gasteiger partial charge is 0.284 e. The first-order valence-electron chi connectivity index (χ1n) is 8.23. The monoisotopic (exact) mass is 375 g/mol. The van der Waals surface area contributed by atoms with Gasteiger partial charge in [0.2, 0.25) is 0 Å². The number of amidine groups is 1. The summed E-state index contributed by atoms with van der Waals surface area (Å²) in [6.07, 6.45) is 1.54. The van der Waals surface area contributed by atoms with Gasteiger partial charge in [0, 0.05) is 32.7 Å². The zero-order valence-corrected chi connectivity index (χ0v) is 15.7. The summed E-state index contributed by atoms with van der Waals surface area (Å²) < 4.78 is 30.5. The highest BCUT2D eigenvalue weighted by Crippen LogP contribution is 2.20. The van der Waals surface area contributed by atoms with E-state index in [1.807, 2.05) is 11.9 Å². The number of benzene rings is 1. The molecule has 1 aliphatic rings. The molecule has 1 fully saturated rings. The molecule has 0 bridgehead atoms. The highest BCUT2D eigenvalue weighted by molar-refractivity contribution is 7.90. The Hall–Kier alpha value is -2.68. The fourth-order valence-electron chi connectivity index (χ4n) is 2.85. The predicted molar refractivity (Wildman–Crippen MR) is 98.8 cm³/mol. The topological polar surface area (TPSA) is 96.7 Å². The molecule has 2 aromatic rings. The van der Waals surface area contributed by atoms with Crippen molar-refractivity contribution in [1.29, 1.82) is 0 Å². The standard InChI is InChI=1S/C17H21N5O3S/c1-12-10-15(22(3)19-12)17(23)18-13-6-4-7-14(11-13)26(24,25)20-16-8-5-9-21(16)2/h4,6-7,10-11H,5,8-9H2,1-3H3,(H,18,23)/b20-16+. The van der Waals surface area contributed by atoms with Crippen LogP contribution < -0.4 is 5.32 Å². The third kappa shape index (κ3) is 3.77. The van der Waals surface area contributed by atoms with Crippen molar-refractivity contribution in [3.8, 4) is 0 Å². The van der Waals surface area contributed by atoms with Crippen LogP contribution in [0.25, 0.3) is 0 Å². The van der Waals surface area contributed by atoms with Gasteiger partial charge in [-0.25, -0.2) is 0 Å². The molecular formula is C17H21N5O3S. The summed E-state index contributed by atoms with van der Waals surface area (Å²) in [6, 6.07) is 7.76. The van der Waals surface area contributed by atoms with Crippen molar-refractivity contribution in [1.82, 2.24) is 14.7 Å². The summed E-state index contributed by atoms with van der Waals surface area (Å²) in [6.45, 7) is 2.59. The van der Waals surface area contributed by atoms with Gasteiger partial charge in [-0.15, -0.1) is 4.40 Å². The summed E-state index contributed by atoms with van der Waals surface area (Å²) >= 11 is 0. The Morgan fingerprint density at radius 2 is 2.04 bits per heavy atom. The second-order valence-corrected chi connectivity index (χ2v) is 7.89. The lowest BCUT2D eigenvalue weighted by Gasteiger charge is -2.11. The van der Waals surface area contributed by atoms with E-state index < -0.39 is 10.0 Å². The van der Waals surface area contributed by atoms with Crippen LogP contribution in [0.1, 0.15) is 29.0 Å². The first kappa shape index (κ1) is 18.1. The normalized spacial score (nSPS) is 16.3. The van der Waals surface area contributed by atoms with E-state index in [1.165, 1.54) is 16.8 Å². The summed E-state index contributed by atoms with van der Waals surface area (Å²) in [5.41, 5.74) is 1.50. The fourth-order valence-corrected chi connectivity index (χ4v) is 3.99. The van der Waals surface area contributed by atoms with Crippen molar-refractivity contribution in [2.75, 3.05) is 18.9 Å². The van der Waals surface area contributed by atoms with Crippen molar-refractivity contribution in [3.63, 3.8) is 0 Å². The molecule has 0 atom stereocenters. The third-order valence-corrected chi connectivity index (χ3v) is 5.49. The van der Waals surface area contributed by atoms with Gasteiger partial charge in [0.25, 0.3) is 15.9 Å². The zero-order chi connectivity index (χ0) is 18.9. The number of nitrogens with one attached hydrogen (secondary N) is 1. The van der Waals surface area contributed by atoms with Crippen LogP contribution in [0.5, 0.6) is 0 Å². The number of aryl methyl sites for hydroxylation is 2. The quantitative estimate of drug-likeness (QED) is 0.879. The molecule has 0 spiro atoms. The molecule has 2 heterocycles. The number of rotatable bonds is 4. The number of hydrogen-bond donors (Lipinski definition) is 1. The number of likely N-dealkylation sites (tertiary alicyclic amines) is 1. The zero-order valence-electron chi connectivity index (χ0n) is 14.9.